The molecular weight excluding hydrogens is 398 g/mol. The van der Waals surface area contributed by atoms with Crippen molar-refractivity contribution in [2.45, 2.75) is 38.8 Å². The van der Waals surface area contributed by atoms with E-state index in [0.29, 0.717) is 6.04 Å². The maximum Gasteiger partial charge on any atom is 0.253 e. The quantitative estimate of drug-likeness (QED) is 0.518. The highest BCUT2D eigenvalue weighted by atomic mass is 16.2. The first-order valence-electron chi connectivity index (χ1n) is 11.5. The number of aryl methyl sites for hydroxylation is 1. The second-order valence-electron chi connectivity index (χ2n) is 8.83. The number of nitrogens with one attached hydrogen (secondary N) is 2. The van der Waals surface area contributed by atoms with Gasteiger partial charge in [-0.2, -0.15) is 0 Å². The van der Waals surface area contributed by atoms with Crippen LogP contribution in [0, 0.1) is 6.92 Å². The molecule has 3 rings (SSSR count). The van der Waals surface area contributed by atoms with Crippen molar-refractivity contribution in [3.63, 3.8) is 0 Å². The van der Waals surface area contributed by atoms with Crippen LogP contribution in [0.4, 0.5) is 0 Å². The van der Waals surface area contributed by atoms with Crippen molar-refractivity contribution in [3.8, 4) is 0 Å². The highest BCUT2D eigenvalue weighted by molar-refractivity contribution is 5.94. The topological polar surface area (TPSA) is 60.0 Å². The molecular formula is C26H37N5O. The van der Waals surface area contributed by atoms with Gasteiger partial charge in [0.15, 0.2) is 5.96 Å². The Morgan fingerprint density at radius 2 is 1.81 bits per heavy atom. The molecule has 0 radical (unpaired) electrons. The summed E-state index contributed by atoms with van der Waals surface area (Å²) >= 11 is 0. The average Bonchev–Trinajstić information content (AvgIpc) is 2.79. The summed E-state index contributed by atoms with van der Waals surface area (Å²) in [6, 6.07) is 17.1. The predicted molar refractivity (Wildman–Crippen MR) is 132 cm³/mol. The summed E-state index contributed by atoms with van der Waals surface area (Å²) in [7, 11) is 5.37. The van der Waals surface area contributed by atoms with E-state index in [0.717, 1.165) is 62.5 Å². The molecule has 0 spiro atoms. The van der Waals surface area contributed by atoms with Gasteiger partial charge in [-0.1, -0.05) is 42.0 Å². The lowest BCUT2D eigenvalue weighted by Crippen LogP contribution is -2.48. The van der Waals surface area contributed by atoms with Crippen molar-refractivity contribution in [3.05, 3.63) is 70.8 Å². The largest absolute Gasteiger partial charge is 0.356 e. The van der Waals surface area contributed by atoms with E-state index in [9.17, 15) is 4.79 Å². The van der Waals surface area contributed by atoms with Crippen LogP contribution in [0.15, 0.2) is 53.5 Å². The lowest BCUT2D eigenvalue weighted by atomic mass is 10.0. The van der Waals surface area contributed by atoms with E-state index in [1.807, 2.05) is 25.2 Å². The summed E-state index contributed by atoms with van der Waals surface area (Å²) in [5.41, 5.74) is 4.59. The molecule has 0 aromatic heterocycles. The molecule has 1 aliphatic heterocycles. The second-order valence-corrected chi connectivity index (χ2v) is 8.83. The van der Waals surface area contributed by atoms with Crippen LogP contribution in [0.1, 0.15) is 39.9 Å². The summed E-state index contributed by atoms with van der Waals surface area (Å²) in [5, 5.41) is 7.01. The van der Waals surface area contributed by atoms with Gasteiger partial charge in [0.25, 0.3) is 5.91 Å². The molecule has 0 unspecified atom stereocenters. The first-order valence-corrected chi connectivity index (χ1v) is 11.5. The molecule has 6 nitrogen and oxygen atoms in total. The fourth-order valence-electron chi connectivity index (χ4n) is 4.14. The Balaban J connectivity index is 1.41. The Hall–Kier alpha value is -2.86. The number of likely N-dealkylation sites (tertiary alicyclic amines) is 1. The molecule has 6 heteroatoms. The molecule has 1 fully saturated rings. The fraction of sp³-hybridized carbons (Fsp3) is 0.462. The zero-order valence-corrected chi connectivity index (χ0v) is 19.9. The Bertz CT molecular complexity index is 916. The minimum Gasteiger partial charge on any atom is -0.356 e. The molecule has 2 aromatic carbocycles. The Labute approximate surface area is 192 Å². The van der Waals surface area contributed by atoms with E-state index in [2.05, 4.69) is 57.8 Å². The van der Waals surface area contributed by atoms with Crippen LogP contribution >= 0.6 is 0 Å². The van der Waals surface area contributed by atoms with Crippen LogP contribution < -0.4 is 10.6 Å². The van der Waals surface area contributed by atoms with Crippen LogP contribution in [0.2, 0.25) is 0 Å². The molecule has 0 saturated carbocycles. The number of amides is 1. The zero-order chi connectivity index (χ0) is 22.9. The van der Waals surface area contributed by atoms with Crippen LogP contribution in [0.3, 0.4) is 0 Å². The van der Waals surface area contributed by atoms with Crippen molar-refractivity contribution < 1.29 is 4.79 Å². The minimum absolute atomic E-state index is 0.0334. The molecule has 32 heavy (non-hydrogen) atoms. The summed E-state index contributed by atoms with van der Waals surface area (Å²) in [5.74, 6) is 0.883. The minimum atomic E-state index is 0.0334. The third-order valence-electron chi connectivity index (χ3n) is 5.93. The lowest BCUT2D eigenvalue weighted by Gasteiger charge is -2.33. The molecule has 2 aromatic rings. The van der Waals surface area contributed by atoms with E-state index in [1.165, 1.54) is 11.1 Å². The Kier molecular flexibility index (Phi) is 8.68. The third kappa shape index (κ3) is 7.09. The fourth-order valence-corrected chi connectivity index (χ4v) is 4.14. The summed E-state index contributed by atoms with van der Waals surface area (Å²) in [6.07, 6.45) is 3.06. The molecule has 0 aliphatic carbocycles. The van der Waals surface area contributed by atoms with Gasteiger partial charge in [-0.3, -0.25) is 14.7 Å². The number of carbonyl (C=O) groups excluding carboxylic acids is 1. The van der Waals surface area contributed by atoms with Gasteiger partial charge in [0.05, 0.1) is 0 Å². The lowest BCUT2D eigenvalue weighted by molar-refractivity contribution is 0.0827. The van der Waals surface area contributed by atoms with Crippen molar-refractivity contribution in [1.29, 1.82) is 0 Å². The summed E-state index contributed by atoms with van der Waals surface area (Å²) < 4.78 is 0. The van der Waals surface area contributed by atoms with E-state index < -0.39 is 0 Å². The maximum absolute atomic E-state index is 12.2. The molecule has 2 N–H and O–H groups in total. The van der Waals surface area contributed by atoms with Crippen molar-refractivity contribution >= 4 is 11.9 Å². The van der Waals surface area contributed by atoms with Crippen LogP contribution in [-0.2, 0) is 13.0 Å². The highest BCUT2D eigenvalue weighted by Gasteiger charge is 2.20. The van der Waals surface area contributed by atoms with Gasteiger partial charge in [0, 0.05) is 58.9 Å². The molecule has 172 valence electrons. The Morgan fingerprint density at radius 3 is 2.50 bits per heavy atom. The van der Waals surface area contributed by atoms with Crippen LogP contribution in [0.5, 0.6) is 0 Å². The third-order valence-corrected chi connectivity index (χ3v) is 5.93. The number of rotatable bonds is 7. The number of hydrogen-bond donors (Lipinski definition) is 2. The van der Waals surface area contributed by atoms with Crippen molar-refractivity contribution in [2.24, 2.45) is 4.99 Å². The van der Waals surface area contributed by atoms with Gasteiger partial charge < -0.3 is 15.5 Å². The number of guanidine groups is 1. The summed E-state index contributed by atoms with van der Waals surface area (Å²) in [4.78, 5) is 20.7. The number of nitrogens with zero attached hydrogens (tertiary/aromatic N) is 3. The molecule has 1 saturated heterocycles. The van der Waals surface area contributed by atoms with Gasteiger partial charge in [-0.25, -0.2) is 0 Å². The number of piperidine rings is 1. The normalized spacial score (nSPS) is 15.4. The smallest absolute Gasteiger partial charge is 0.253 e. The van der Waals surface area contributed by atoms with Crippen molar-refractivity contribution in [1.82, 2.24) is 20.4 Å². The van der Waals surface area contributed by atoms with E-state index in [-0.39, 0.29) is 5.91 Å². The van der Waals surface area contributed by atoms with Gasteiger partial charge in [-0.05, 0) is 49.4 Å². The predicted octanol–water partition coefficient (Wildman–Crippen LogP) is 3.07. The molecule has 1 amide bonds. The van der Waals surface area contributed by atoms with Gasteiger partial charge in [0.1, 0.15) is 0 Å². The van der Waals surface area contributed by atoms with Gasteiger partial charge >= 0.3 is 0 Å². The molecule has 0 bridgehead atoms. The standard InChI is InChI=1S/C26H37N5O/c1-20-7-5-9-22(17-20)19-31-15-12-24(13-16-31)29-26(27-2)28-14-11-21-8-6-10-23(18-21)25(32)30(3)4/h5-10,17-18,24H,11-16,19H2,1-4H3,(H2,27,28,29). The second kappa shape index (κ2) is 11.7. The monoisotopic (exact) mass is 435 g/mol. The van der Waals surface area contributed by atoms with Gasteiger partial charge in [-0.15, -0.1) is 0 Å². The van der Waals surface area contributed by atoms with E-state index in [1.54, 1.807) is 19.0 Å². The SMILES string of the molecule is CN=C(NCCc1cccc(C(=O)N(C)C)c1)NC1CCN(Cc2cccc(C)c2)CC1. The first kappa shape index (κ1) is 23.8. The van der Waals surface area contributed by atoms with E-state index in [4.69, 9.17) is 0 Å². The highest BCUT2D eigenvalue weighted by Crippen LogP contribution is 2.15. The number of benzene rings is 2. The molecule has 1 aliphatic rings. The number of carbonyl (C=O) groups is 1. The van der Waals surface area contributed by atoms with Crippen LogP contribution in [-0.4, -0.2) is 68.5 Å². The van der Waals surface area contributed by atoms with Crippen molar-refractivity contribution in [2.75, 3.05) is 40.8 Å². The molecule has 0 atom stereocenters. The van der Waals surface area contributed by atoms with E-state index >= 15 is 0 Å². The van der Waals surface area contributed by atoms with Gasteiger partial charge in [0.2, 0.25) is 0 Å². The average molecular weight is 436 g/mol. The number of aliphatic imine (C=N–C) groups is 1. The zero-order valence-electron chi connectivity index (χ0n) is 19.9. The Morgan fingerprint density at radius 1 is 1.09 bits per heavy atom. The maximum atomic E-state index is 12.2. The summed E-state index contributed by atoms with van der Waals surface area (Å²) in [6.45, 7) is 6.13. The van der Waals surface area contributed by atoms with Crippen LogP contribution in [0.25, 0.3) is 0 Å². The first-order chi connectivity index (χ1) is 15.4. The molecule has 1 heterocycles. The number of hydrogen-bond acceptors (Lipinski definition) is 3.